The summed E-state index contributed by atoms with van der Waals surface area (Å²) in [6, 6.07) is 10.3. The van der Waals surface area contributed by atoms with Crippen molar-refractivity contribution in [3.8, 4) is 0 Å². The fourth-order valence-corrected chi connectivity index (χ4v) is 3.52. The maximum atomic E-state index is 11.9. The van der Waals surface area contributed by atoms with Crippen molar-refractivity contribution in [3.63, 3.8) is 0 Å². The van der Waals surface area contributed by atoms with Crippen LogP contribution in [0.25, 0.3) is 0 Å². The van der Waals surface area contributed by atoms with E-state index in [1.165, 1.54) is 5.56 Å². The molecular weight excluding hydrogens is 348 g/mol. The summed E-state index contributed by atoms with van der Waals surface area (Å²) >= 11 is 5.56. The normalized spacial score (nSPS) is 15.9. The molecule has 2 heterocycles. The van der Waals surface area contributed by atoms with Gasteiger partial charge in [0.1, 0.15) is 5.82 Å². The number of esters is 1. The number of hydrogen-bond donors (Lipinski definition) is 0. The minimum atomic E-state index is -0.0632. The number of rotatable bonds is 6. The van der Waals surface area contributed by atoms with Crippen LogP contribution in [0, 0.1) is 10.7 Å². The van der Waals surface area contributed by atoms with Crippen LogP contribution >= 0.6 is 12.2 Å². The van der Waals surface area contributed by atoms with Crippen molar-refractivity contribution in [1.82, 2.24) is 19.2 Å². The molecule has 1 fully saturated rings. The topological polar surface area (TPSA) is 52.3 Å². The molecule has 0 spiro atoms. The molecule has 0 aliphatic carbocycles. The predicted octanol–water partition coefficient (Wildman–Crippen LogP) is 2.77. The monoisotopic (exact) mass is 374 g/mol. The highest BCUT2D eigenvalue weighted by Gasteiger charge is 2.26. The van der Waals surface area contributed by atoms with E-state index in [9.17, 15) is 4.79 Å². The van der Waals surface area contributed by atoms with E-state index < -0.39 is 0 Å². The minimum absolute atomic E-state index is 0.0246. The molecule has 0 radical (unpaired) electrons. The van der Waals surface area contributed by atoms with Gasteiger partial charge in [0.2, 0.25) is 0 Å². The summed E-state index contributed by atoms with van der Waals surface area (Å²) in [6.07, 6.45) is 2.42. The first kappa shape index (κ1) is 18.8. The Bertz CT molecular complexity index is 792. The van der Waals surface area contributed by atoms with Crippen molar-refractivity contribution < 1.29 is 9.53 Å². The van der Waals surface area contributed by atoms with Gasteiger partial charge in [0.05, 0.1) is 19.2 Å². The second kappa shape index (κ2) is 8.60. The van der Waals surface area contributed by atoms with Crippen LogP contribution in [-0.4, -0.2) is 44.9 Å². The van der Waals surface area contributed by atoms with Crippen molar-refractivity contribution in [1.29, 1.82) is 0 Å². The van der Waals surface area contributed by atoms with Gasteiger partial charge in [-0.1, -0.05) is 30.3 Å². The quantitative estimate of drug-likeness (QED) is 0.575. The Kier molecular flexibility index (Phi) is 6.21. The molecule has 1 aromatic heterocycles. The first-order valence-electron chi connectivity index (χ1n) is 9.14. The first-order chi connectivity index (χ1) is 12.6. The van der Waals surface area contributed by atoms with E-state index in [2.05, 4.69) is 17.0 Å². The lowest BCUT2D eigenvalue weighted by Gasteiger charge is -2.30. The maximum absolute atomic E-state index is 11.9. The fraction of sp³-hybridized carbons (Fsp3) is 0.526. The van der Waals surface area contributed by atoms with Crippen molar-refractivity contribution >= 4 is 18.2 Å². The maximum Gasteiger partial charge on any atom is 0.309 e. The molecule has 3 rings (SSSR count). The summed E-state index contributed by atoms with van der Waals surface area (Å²) in [4.78, 5) is 14.2. The molecule has 1 aliphatic rings. The summed E-state index contributed by atoms with van der Waals surface area (Å²) in [6.45, 7) is 4.68. The SMILES string of the molecule is CCOC(=O)C1CCN(Cn2nc(Cc3ccccc3)n(C)c2=S)CC1. The molecule has 0 saturated carbocycles. The standard InChI is InChI=1S/C19H26N4O2S/c1-3-25-18(24)16-9-11-22(12-10-16)14-23-19(26)21(2)17(20-23)13-15-7-5-4-6-8-15/h4-8,16H,3,9-14H2,1-2H3. The molecule has 1 aromatic carbocycles. The van der Waals surface area contributed by atoms with E-state index in [0.29, 0.717) is 13.3 Å². The lowest BCUT2D eigenvalue weighted by atomic mass is 9.97. The molecule has 2 aromatic rings. The van der Waals surface area contributed by atoms with Gasteiger partial charge in [-0.2, -0.15) is 5.10 Å². The highest BCUT2D eigenvalue weighted by molar-refractivity contribution is 7.71. The molecule has 0 bridgehead atoms. The fourth-order valence-electron chi connectivity index (χ4n) is 3.32. The predicted molar refractivity (Wildman–Crippen MR) is 102 cm³/mol. The van der Waals surface area contributed by atoms with Crippen LogP contribution in [0.5, 0.6) is 0 Å². The zero-order valence-corrected chi connectivity index (χ0v) is 16.2. The van der Waals surface area contributed by atoms with Gasteiger partial charge >= 0.3 is 5.97 Å². The Morgan fingerprint density at radius 2 is 1.96 bits per heavy atom. The Balaban J connectivity index is 1.62. The minimum Gasteiger partial charge on any atom is -0.466 e. The summed E-state index contributed by atoms with van der Waals surface area (Å²) in [7, 11) is 1.97. The lowest BCUT2D eigenvalue weighted by molar-refractivity contribution is -0.149. The van der Waals surface area contributed by atoms with Crippen molar-refractivity contribution in [2.24, 2.45) is 13.0 Å². The molecule has 26 heavy (non-hydrogen) atoms. The summed E-state index contributed by atoms with van der Waals surface area (Å²) in [5, 5.41) is 4.72. The smallest absolute Gasteiger partial charge is 0.309 e. The average molecular weight is 375 g/mol. The van der Waals surface area contributed by atoms with Crippen LogP contribution in [0.3, 0.4) is 0 Å². The largest absolute Gasteiger partial charge is 0.466 e. The molecule has 0 amide bonds. The first-order valence-corrected chi connectivity index (χ1v) is 9.55. The van der Waals surface area contributed by atoms with Gasteiger partial charge in [0.15, 0.2) is 4.77 Å². The average Bonchev–Trinajstić information content (AvgIpc) is 2.91. The summed E-state index contributed by atoms with van der Waals surface area (Å²) < 4.78 is 9.73. The molecule has 1 saturated heterocycles. The van der Waals surface area contributed by atoms with E-state index in [1.54, 1.807) is 0 Å². The molecule has 140 valence electrons. The molecule has 7 heteroatoms. The Morgan fingerprint density at radius 1 is 1.27 bits per heavy atom. The van der Waals surface area contributed by atoms with Crippen LogP contribution in [0.1, 0.15) is 31.2 Å². The molecule has 1 aliphatic heterocycles. The summed E-state index contributed by atoms with van der Waals surface area (Å²) in [5.41, 5.74) is 1.22. The number of ether oxygens (including phenoxy) is 1. The molecule has 0 atom stereocenters. The third kappa shape index (κ3) is 4.40. The van der Waals surface area contributed by atoms with Gasteiger partial charge in [0.25, 0.3) is 0 Å². The van der Waals surface area contributed by atoms with Crippen molar-refractivity contribution in [2.75, 3.05) is 19.7 Å². The highest BCUT2D eigenvalue weighted by atomic mass is 32.1. The van der Waals surface area contributed by atoms with Gasteiger partial charge in [-0.3, -0.25) is 9.69 Å². The Hall–Kier alpha value is -1.99. The third-order valence-electron chi connectivity index (χ3n) is 4.88. The van der Waals surface area contributed by atoms with Gasteiger partial charge in [-0.05, 0) is 37.5 Å². The van der Waals surface area contributed by atoms with Crippen LogP contribution in [0.15, 0.2) is 30.3 Å². The summed E-state index contributed by atoms with van der Waals surface area (Å²) in [5.74, 6) is 0.922. The van der Waals surface area contributed by atoms with Crippen LogP contribution in [0.4, 0.5) is 0 Å². The van der Waals surface area contributed by atoms with Gasteiger partial charge < -0.3 is 9.30 Å². The second-order valence-electron chi connectivity index (χ2n) is 6.71. The van der Waals surface area contributed by atoms with E-state index in [1.807, 2.05) is 41.4 Å². The Labute approximate surface area is 159 Å². The van der Waals surface area contributed by atoms with E-state index in [4.69, 9.17) is 22.1 Å². The second-order valence-corrected chi connectivity index (χ2v) is 7.07. The van der Waals surface area contributed by atoms with Crippen molar-refractivity contribution in [3.05, 3.63) is 46.5 Å². The van der Waals surface area contributed by atoms with Crippen LogP contribution in [0.2, 0.25) is 0 Å². The van der Waals surface area contributed by atoms with Crippen LogP contribution < -0.4 is 0 Å². The number of nitrogens with zero attached hydrogens (tertiary/aromatic N) is 4. The number of aromatic nitrogens is 3. The number of carbonyl (C=O) groups is 1. The number of carbonyl (C=O) groups excluding carboxylic acids is 1. The van der Waals surface area contributed by atoms with Crippen molar-refractivity contribution in [2.45, 2.75) is 32.9 Å². The molecular formula is C19H26N4O2S. The van der Waals surface area contributed by atoms with E-state index >= 15 is 0 Å². The zero-order valence-electron chi connectivity index (χ0n) is 15.4. The van der Waals surface area contributed by atoms with E-state index in [0.717, 1.165) is 42.9 Å². The number of piperidine rings is 1. The van der Waals surface area contributed by atoms with E-state index in [-0.39, 0.29) is 11.9 Å². The number of likely N-dealkylation sites (tertiary alicyclic amines) is 1. The molecule has 6 nitrogen and oxygen atoms in total. The molecule has 0 N–H and O–H groups in total. The van der Waals surface area contributed by atoms with Crippen LogP contribution in [-0.2, 0) is 29.7 Å². The number of benzene rings is 1. The Morgan fingerprint density at radius 3 is 2.62 bits per heavy atom. The number of hydrogen-bond acceptors (Lipinski definition) is 5. The van der Waals surface area contributed by atoms with Gasteiger partial charge in [-0.25, -0.2) is 4.68 Å². The van der Waals surface area contributed by atoms with Gasteiger partial charge in [0, 0.05) is 26.6 Å². The lowest BCUT2D eigenvalue weighted by Crippen LogP contribution is -2.38. The molecule has 0 unspecified atom stereocenters. The zero-order chi connectivity index (χ0) is 18.5. The highest BCUT2D eigenvalue weighted by Crippen LogP contribution is 2.19. The third-order valence-corrected chi connectivity index (χ3v) is 5.36. The van der Waals surface area contributed by atoms with Gasteiger partial charge in [-0.15, -0.1) is 0 Å².